The molecule has 0 aromatic heterocycles. The van der Waals surface area contributed by atoms with Crippen LogP contribution in [0.25, 0.3) is 0 Å². The van der Waals surface area contributed by atoms with Gasteiger partial charge in [0.15, 0.2) is 0 Å². The SMILES string of the molecule is C[C@@H](NC(=O)Nc1ccccc1CN1C(=O)CCC1=O)[C@@H]1CCCO1. The van der Waals surface area contributed by atoms with Crippen LogP contribution < -0.4 is 10.6 Å². The van der Waals surface area contributed by atoms with E-state index in [0.717, 1.165) is 25.0 Å². The minimum Gasteiger partial charge on any atom is -0.376 e. The number of nitrogens with one attached hydrogen (secondary N) is 2. The highest BCUT2D eigenvalue weighted by molar-refractivity contribution is 6.02. The van der Waals surface area contributed by atoms with Crippen LogP contribution in [0.1, 0.15) is 38.2 Å². The Bertz CT molecular complexity index is 654. The Kier molecular flexibility index (Phi) is 5.33. The first-order valence-electron chi connectivity index (χ1n) is 8.65. The molecule has 2 atom stereocenters. The van der Waals surface area contributed by atoms with E-state index in [2.05, 4.69) is 10.6 Å². The molecular formula is C18H23N3O4. The number of carbonyl (C=O) groups is 3. The standard InChI is InChI=1S/C18H23N3O4/c1-12(15-7-4-10-25-15)19-18(24)20-14-6-3-2-5-13(14)11-21-16(22)8-9-17(21)23/h2-3,5-6,12,15H,4,7-11H2,1H3,(H2,19,20,24)/t12-,15+/m1/s1. The van der Waals surface area contributed by atoms with Crippen molar-refractivity contribution >= 4 is 23.5 Å². The summed E-state index contributed by atoms with van der Waals surface area (Å²) >= 11 is 0. The van der Waals surface area contributed by atoms with E-state index in [1.165, 1.54) is 4.90 Å². The summed E-state index contributed by atoms with van der Waals surface area (Å²) in [5.74, 6) is -0.340. The van der Waals surface area contributed by atoms with Crippen LogP contribution in [-0.2, 0) is 20.9 Å². The van der Waals surface area contributed by atoms with Crippen LogP contribution in [0, 0.1) is 0 Å². The smallest absolute Gasteiger partial charge is 0.319 e. The zero-order chi connectivity index (χ0) is 17.8. The molecule has 134 valence electrons. The van der Waals surface area contributed by atoms with Gasteiger partial charge in [0.05, 0.1) is 18.7 Å². The van der Waals surface area contributed by atoms with Gasteiger partial charge >= 0.3 is 6.03 Å². The van der Waals surface area contributed by atoms with Crippen molar-refractivity contribution in [2.75, 3.05) is 11.9 Å². The Hall–Kier alpha value is -2.41. The van der Waals surface area contributed by atoms with Crippen molar-refractivity contribution in [3.8, 4) is 0 Å². The molecule has 2 N–H and O–H groups in total. The minimum atomic E-state index is -0.325. The van der Waals surface area contributed by atoms with Gasteiger partial charge in [-0.3, -0.25) is 14.5 Å². The first-order valence-corrected chi connectivity index (χ1v) is 8.65. The Morgan fingerprint density at radius 2 is 2.00 bits per heavy atom. The van der Waals surface area contributed by atoms with E-state index >= 15 is 0 Å². The first-order chi connectivity index (χ1) is 12.0. The van der Waals surface area contributed by atoms with Crippen LogP contribution in [0.15, 0.2) is 24.3 Å². The van der Waals surface area contributed by atoms with Gasteiger partial charge in [0.1, 0.15) is 0 Å². The van der Waals surface area contributed by atoms with Crippen molar-refractivity contribution in [1.29, 1.82) is 0 Å². The molecule has 0 aliphatic carbocycles. The Morgan fingerprint density at radius 1 is 1.28 bits per heavy atom. The lowest BCUT2D eigenvalue weighted by Gasteiger charge is -2.21. The van der Waals surface area contributed by atoms with Gasteiger partial charge in [0.25, 0.3) is 0 Å². The molecule has 7 heteroatoms. The van der Waals surface area contributed by atoms with Crippen LogP contribution in [0.5, 0.6) is 0 Å². The molecule has 2 saturated heterocycles. The number of anilines is 1. The topological polar surface area (TPSA) is 87.7 Å². The molecule has 2 aliphatic rings. The molecular weight excluding hydrogens is 322 g/mol. The molecule has 3 rings (SSSR count). The second kappa shape index (κ2) is 7.65. The minimum absolute atomic E-state index is 0.0424. The average Bonchev–Trinajstić information content (AvgIpc) is 3.22. The highest BCUT2D eigenvalue weighted by atomic mass is 16.5. The summed E-state index contributed by atoms with van der Waals surface area (Å²) in [5, 5.41) is 5.70. The van der Waals surface area contributed by atoms with Gasteiger partial charge in [0, 0.05) is 25.1 Å². The number of likely N-dealkylation sites (tertiary alicyclic amines) is 1. The number of amides is 4. The first kappa shape index (κ1) is 17.4. The molecule has 2 heterocycles. The monoisotopic (exact) mass is 345 g/mol. The molecule has 7 nitrogen and oxygen atoms in total. The highest BCUT2D eigenvalue weighted by Gasteiger charge is 2.29. The molecule has 0 unspecified atom stereocenters. The number of urea groups is 1. The van der Waals surface area contributed by atoms with Crippen molar-refractivity contribution in [3.63, 3.8) is 0 Å². The number of imide groups is 1. The van der Waals surface area contributed by atoms with Crippen LogP contribution in [0.4, 0.5) is 10.5 Å². The third kappa shape index (κ3) is 4.17. The number of rotatable bonds is 5. The van der Waals surface area contributed by atoms with E-state index in [4.69, 9.17) is 4.74 Å². The van der Waals surface area contributed by atoms with Crippen molar-refractivity contribution in [2.24, 2.45) is 0 Å². The summed E-state index contributed by atoms with van der Waals surface area (Å²) in [4.78, 5) is 37.1. The second-order valence-electron chi connectivity index (χ2n) is 6.47. The van der Waals surface area contributed by atoms with Crippen LogP contribution in [0.3, 0.4) is 0 Å². The molecule has 2 fully saturated rings. The van der Waals surface area contributed by atoms with E-state index < -0.39 is 0 Å². The molecule has 2 aliphatic heterocycles. The molecule has 25 heavy (non-hydrogen) atoms. The maximum Gasteiger partial charge on any atom is 0.319 e. The van der Waals surface area contributed by atoms with Gasteiger partial charge in [-0.05, 0) is 31.4 Å². The number of nitrogens with zero attached hydrogens (tertiary/aromatic N) is 1. The van der Waals surface area contributed by atoms with Crippen molar-refractivity contribution in [2.45, 2.75) is 51.3 Å². The fourth-order valence-electron chi connectivity index (χ4n) is 3.20. The van der Waals surface area contributed by atoms with Crippen LogP contribution >= 0.6 is 0 Å². The molecule has 1 aromatic carbocycles. The lowest BCUT2D eigenvalue weighted by Crippen LogP contribution is -2.43. The Morgan fingerprint density at radius 3 is 2.68 bits per heavy atom. The third-order valence-corrected chi connectivity index (χ3v) is 4.63. The van der Waals surface area contributed by atoms with E-state index in [1.807, 2.05) is 13.0 Å². The molecule has 0 saturated carbocycles. The van der Waals surface area contributed by atoms with Crippen LogP contribution in [0.2, 0.25) is 0 Å². The zero-order valence-electron chi connectivity index (χ0n) is 14.3. The van der Waals surface area contributed by atoms with E-state index in [-0.39, 0.29) is 49.4 Å². The number of hydrogen-bond donors (Lipinski definition) is 2. The fourth-order valence-corrected chi connectivity index (χ4v) is 3.20. The van der Waals surface area contributed by atoms with Crippen molar-refractivity contribution < 1.29 is 19.1 Å². The largest absolute Gasteiger partial charge is 0.376 e. The number of hydrogen-bond acceptors (Lipinski definition) is 4. The summed E-state index contributed by atoms with van der Waals surface area (Å²) in [6, 6.07) is 6.77. The Labute approximate surface area is 146 Å². The second-order valence-corrected chi connectivity index (χ2v) is 6.47. The maximum absolute atomic E-state index is 12.3. The predicted octanol–water partition coefficient (Wildman–Crippen LogP) is 2.02. The molecule has 4 amide bonds. The highest BCUT2D eigenvalue weighted by Crippen LogP contribution is 2.21. The van der Waals surface area contributed by atoms with Gasteiger partial charge in [-0.25, -0.2) is 4.79 Å². The Balaban J connectivity index is 1.63. The summed E-state index contributed by atoms with van der Waals surface area (Å²) in [6.45, 7) is 2.83. The molecule has 1 aromatic rings. The molecule has 0 bridgehead atoms. The van der Waals surface area contributed by atoms with Gasteiger partial charge in [0.2, 0.25) is 11.8 Å². The number of carbonyl (C=O) groups excluding carboxylic acids is 3. The normalized spacial score (nSPS) is 21.5. The fraction of sp³-hybridized carbons (Fsp3) is 0.500. The summed E-state index contributed by atoms with van der Waals surface area (Å²) in [5.41, 5.74) is 1.32. The predicted molar refractivity (Wildman–Crippen MR) is 91.8 cm³/mol. The van der Waals surface area contributed by atoms with Gasteiger partial charge in [-0.2, -0.15) is 0 Å². The summed E-state index contributed by atoms with van der Waals surface area (Å²) in [7, 11) is 0. The van der Waals surface area contributed by atoms with Gasteiger partial charge in [-0.15, -0.1) is 0 Å². The van der Waals surface area contributed by atoms with Gasteiger partial charge in [-0.1, -0.05) is 18.2 Å². The number of ether oxygens (including phenoxy) is 1. The van der Waals surface area contributed by atoms with Crippen molar-refractivity contribution in [1.82, 2.24) is 10.2 Å². The van der Waals surface area contributed by atoms with Crippen LogP contribution in [-0.4, -0.2) is 41.5 Å². The summed E-state index contributed by atoms with van der Waals surface area (Å²) in [6.07, 6.45) is 2.51. The van der Waals surface area contributed by atoms with E-state index in [9.17, 15) is 14.4 Å². The van der Waals surface area contributed by atoms with E-state index in [0.29, 0.717) is 5.69 Å². The number of para-hydroxylation sites is 1. The zero-order valence-corrected chi connectivity index (χ0v) is 14.3. The average molecular weight is 345 g/mol. The molecule has 0 spiro atoms. The third-order valence-electron chi connectivity index (χ3n) is 4.63. The molecule has 0 radical (unpaired) electrons. The lowest BCUT2D eigenvalue weighted by atomic mass is 10.1. The van der Waals surface area contributed by atoms with Gasteiger partial charge < -0.3 is 15.4 Å². The lowest BCUT2D eigenvalue weighted by molar-refractivity contribution is -0.139. The maximum atomic E-state index is 12.3. The van der Waals surface area contributed by atoms with Crippen molar-refractivity contribution in [3.05, 3.63) is 29.8 Å². The quantitative estimate of drug-likeness (QED) is 0.799. The summed E-state index contributed by atoms with van der Waals surface area (Å²) < 4.78 is 5.58. The number of benzene rings is 1. The van der Waals surface area contributed by atoms with E-state index in [1.54, 1.807) is 18.2 Å².